The first kappa shape index (κ1) is 17.1. The largest absolute Gasteiger partial charge is 0.454 e. The van der Waals surface area contributed by atoms with Gasteiger partial charge in [-0.2, -0.15) is 0 Å². The summed E-state index contributed by atoms with van der Waals surface area (Å²) in [7, 11) is 0. The summed E-state index contributed by atoms with van der Waals surface area (Å²) in [6.07, 6.45) is 1.33. The molecule has 4 amide bonds. The highest BCUT2D eigenvalue weighted by molar-refractivity contribution is 6.40. The second kappa shape index (κ2) is 6.44. The van der Waals surface area contributed by atoms with Gasteiger partial charge in [0.15, 0.2) is 11.5 Å². The van der Waals surface area contributed by atoms with E-state index < -0.39 is 17.8 Å². The average Bonchev–Trinajstić information content (AvgIpc) is 3.07. The molecule has 0 spiro atoms. The minimum atomic E-state index is -0.803. The van der Waals surface area contributed by atoms with Crippen LogP contribution in [0.5, 0.6) is 11.5 Å². The predicted molar refractivity (Wildman–Crippen MR) is 97.8 cm³/mol. The third-order valence-electron chi connectivity index (χ3n) is 4.19. The molecule has 8 heteroatoms. The Bertz CT molecular complexity index is 1010. The summed E-state index contributed by atoms with van der Waals surface area (Å²) in [6.45, 7) is 1.96. The predicted octanol–water partition coefficient (Wildman–Crippen LogP) is 3.04. The number of aryl methyl sites for hydroxylation is 1. The molecule has 0 saturated carbocycles. The van der Waals surface area contributed by atoms with E-state index in [-0.39, 0.29) is 17.4 Å². The highest BCUT2D eigenvalue weighted by atomic mass is 35.5. The number of amides is 4. The van der Waals surface area contributed by atoms with Gasteiger partial charge >= 0.3 is 6.03 Å². The van der Waals surface area contributed by atoms with Gasteiger partial charge in [-0.1, -0.05) is 29.3 Å². The molecule has 2 aromatic carbocycles. The molecule has 0 bridgehead atoms. The third-order valence-corrected chi connectivity index (χ3v) is 4.51. The topological polar surface area (TPSA) is 84.9 Å². The molecule has 2 heterocycles. The van der Waals surface area contributed by atoms with Crippen LogP contribution in [0.15, 0.2) is 42.0 Å². The number of rotatable bonds is 2. The minimum absolute atomic E-state index is 0.0702. The zero-order valence-electron chi connectivity index (χ0n) is 14.1. The zero-order chi connectivity index (χ0) is 19.1. The van der Waals surface area contributed by atoms with Crippen LogP contribution in [0.3, 0.4) is 0 Å². The smallest absolute Gasteiger partial charge is 0.335 e. The number of imide groups is 2. The first-order chi connectivity index (χ1) is 12.9. The van der Waals surface area contributed by atoms with Gasteiger partial charge < -0.3 is 9.47 Å². The molecular weight excluding hydrogens is 372 g/mol. The number of anilines is 1. The summed E-state index contributed by atoms with van der Waals surface area (Å²) in [4.78, 5) is 38.2. The molecular formula is C19H13ClN2O5. The number of benzene rings is 2. The molecule has 1 N–H and O–H groups in total. The van der Waals surface area contributed by atoms with Gasteiger partial charge in [0, 0.05) is 6.07 Å². The van der Waals surface area contributed by atoms with E-state index in [4.69, 9.17) is 21.1 Å². The first-order valence-electron chi connectivity index (χ1n) is 8.01. The van der Waals surface area contributed by atoms with E-state index in [9.17, 15) is 14.4 Å². The van der Waals surface area contributed by atoms with Crippen molar-refractivity contribution in [2.75, 3.05) is 11.7 Å². The summed E-state index contributed by atoms with van der Waals surface area (Å²) in [6, 6.07) is 9.12. The van der Waals surface area contributed by atoms with E-state index in [1.54, 1.807) is 36.4 Å². The maximum absolute atomic E-state index is 12.9. The molecule has 7 nitrogen and oxygen atoms in total. The lowest BCUT2D eigenvalue weighted by Gasteiger charge is -2.26. The molecule has 1 fully saturated rings. The van der Waals surface area contributed by atoms with E-state index in [0.29, 0.717) is 22.7 Å². The van der Waals surface area contributed by atoms with Crippen LogP contribution < -0.4 is 19.7 Å². The molecule has 136 valence electrons. The fraction of sp³-hybridized carbons (Fsp3) is 0.105. The standard InChI is InChI=1S/C19H13ClN2O5/c1-10-2-4-12(5-3-10)22-18(24)13(17(23)21-19(22)25)6-11-7-15-16(8-14(11)20)27-9-26-15/h2-8H,9H2,1H3,(H,21,23,25)/b13-6+. The monoisotopic (exact) mass is 384 g/mol. The van der Waals surface area contributed by atoms with Crippen molar-refractivity contribution in [1.29, 1.82) is 0 Å². The van der Waals surface area contributed by atoms with Crippen LogP contribution in [0.4, 0.5) is 10.5 Å². The van der Waals surface area contributed by atoms with Crippen LogP contribution in [0.2, 0.25) is 5.02 Å². The highest BCUT2D eigenvalue weighted by Crippen LogP contribution is 2.37. The van der Waals surface area contributed by atoms with Crippen molar-refractivity contribution in [2.45, 2.75) is 6.92 Å². The van der Waals surface area contributed by atoms with E-state index >= 15 is 0 Å². The number of ether oxygens (including phenoxy) is 2. The maximum atomic E-state index is 12.9. The van der Waals surface area contributed by atoms with Crippen LogP contribution in [0.1, 0.15) is 11.1 Å². The van der Waals surface area contributed by atoms with Gasteiger partial charge in [0.05, 0.1) is 10.7 Å². The van der Waals surface area contributed by atoms with Crippen molar-refractivity contribution in [3.63, 3.8) is 0 Å². The van der Waals surface area contributed by atoms with Crippen LogP contribution in [0.25, 0.3) is 6.08 Å². The van der Waals surface area contributed by atoms with E-state index in [1.807, 2.05) is 6.92 Å². The van der Waals surface area contributed by atoms with Crippen LogP contribution >= 0.6 is 11.6 Å². The molecule has 2 aliphatic heterocycles. The van der Waals surface area contributed by atoms with Crippen molar-refractivity contribution in [2.24, 2.45) is 0 Å². The number of carbonyl (C=O) groups excluding carboxylic acids is 3. The lowest BCUT2D eigenvalue weighted by molar-refractivity contribution is -0.122. The van der Waals surface area contributed by atoms with E-state index in [0.717, 1.165) is 10.5 Å². The Labute approximate surface area is 159 Å². The first-order valence-corrected chi connectivity index (χ1v) is 8.39. The molecule has 27 heavy (non-hydrogen) atoms. The molecule has 0 radical (unpaired) electrons. The fourth-order valence-electron chi connectivity index (χ4n) is 2.78. The molecule has 2 aliphatic rings. The van der Waals surface area contributed by atoms with Crippen molar-refractivity contribution < 1.29 is 23.9 Å². The maximum Gasteiger partial charge on any atom is 0.335 e. The Morgan fingerprint density at radius 3 is 2.44 bits per heavy atom. The van der Waals surface area contributed by atoms with Gasteiger partial charge in [-0.15, -0.1) is 0 Å². The molecule has 0 aliphatic carbocycles. The Hall–Kier alpha value is -3.32. The third kappa shape index (κ3) is 3.02. The molecule has 0 unspecified atom stereocenters. The molecule has 4 rings (SSSR count). The van der Waals surface area contributed by atoms with E-state index in [1.165, 1.54) is 6.08 Å². The molecule has 2 aromatic rings. The number of nitrogens with zero attached hydrogens (tertiary/aromatic N) is 1. The number of urea groups is 1. The van der Waals surface area contributed by atoms with Gasteiger partial charge in [-0.3, -0.25) is 14.9 Å². The van der Waals surface area contributed by atoms with Crippen LogP contribution in [0, 0.1) is 6.92 Å². The fourth-order valence-corrected chi connectivity index (χ4v) is 2.99. The van der Waals surface area contributed by atoms with Gasteiger partial charge in [0.1, 0.15) is 5.57 Å². The number of nitrogens with one attached hydrogen (secondary N) is 1. The number of carbonyl (C=O) groups is 3. The minimum Gasteiger partial charge on any atom is -0.454 e. The summed E-state index contributed by atoms with van der Waals surface area (Å²) >= 11 is 6.22. The lowest BCUT2D eigenvalue weighted by atomic mass is 10.1. The number of fused-ring (bicyclic) bond motifs is 1. The number of hydrogen-bond donors (Lipinski definition) is 1. The molecule has 0 atom stereocenters. The Kier molecular flexibility index (Phi) is 4.08. The Morgan fingerprint density at radius 2 is 1.74 bits per heavy atom. The van der Waals surface area contributed by atoms with E-state index in [2.05, 4.69) is 5.32 Å². The second-order valence-corrected chi connectivity index (χ2v) is 6.43. The Morgan fingerprint density at radius 1 is 1.07 bits per heavy atom. The number of halogens is 1. The molecule has 0 aromatic heterocycles. The van der Waals surface area contributed by atoms with Crippen LogP contribution in [-0.4, -0.2) is 24.6 Å². The zero-order valence-corrected chi connectivity index (χ0v) is 14.9. The summed E-state index contributed by atoms with van der Waals surface area (Å²) in [5, 5.41) is 2.46. The van der Waals surface area contributed by atoms with Gasteiger partial charge in [-0.05, 0) is 36.8 Å². The summed E-state index contributed by atoms with van der Waals surface area (Å²) in [5.41, 5.74) is 1.52. The quantitative estimate of drug-likeness (QED) is 0.635. The summed E-state index contributed by atoms with van der Waals surface area (Å²) in [5.74, 6) is -0.581. The number of barbiturate groups is 1. The number of hydrogen-bond acceptors (Lipinski definition) is 5. The van der Waals surface area contributed by atoms with Gasteiger partial charge in [0.25, 0.3) is 11.8 Å². The lowest BCUT2D eigenvalue weighted by Crippen LogP contribution is -2.54. The van der Waals surface area contributed by atoms with Crippen LogP contribution in [-0.2, 0) is 9.59 Å². The Balaban J connectivity index is 1.75. The van der Waals surface area contributed by atoms with Crippen molar-refractivity contribution in [3.05, 3.63) is 58.1 Å². The highest BCUT2D eigenvalue weighted by Gasteiger charge is 2.37. The average molecular weight is 385 g/mol. The van der Waals surface area contributed by atoms with Crippen molar-refractivity contribution in [1.82, 2.24) is 5.32 Å². The van der Waals surface area contributed by atoms with Gasteiger partial charge in [0.2, 0.25) is 6.79 Å². The normalized spacial score (nSPS) is 17.5. The SMILES string of the molecule is Cc1ccc(N2C(=O)NC(=O)/C(=C\c3cc4c(cc3Cl)OCO4)C2=O)cc1. The van der Waals surface area contributed by atoms with Crippen molar-refractivity contribution in [3.8, 4) is 11.5 Å². The van der Waals surface area contributed by atoms with Crippen molar-refractivity contribution >= 4 is 41.2 Å². The summed E-state index contributed by atoms with van der Waals surface area (Å²) < 4.78 is 10.5. The second-order valence-electron chi connectivity index (χ2n) is 6.02. The molecule has 1 saturated heterocycles. The van der Waals surface area contributed by atoms with Gasteiger partial charge in [-0.25, -0.2) is 9.69 Å².